The fourth-order valence-electron chi connectivity index (χ4n) is 0.914. The molecule has 96 valence electrons. The molecule has 0 aromatic heterocycles. The number of aliphatic imine (C=N–C) groups is 1. The molecule has 0 saturated heterocycles. The van der Waals surface area contributed by atoms with Crippen molar-refractivity contribution in [2.45, 2.75) is 6.42 Å². The van der Waals surface area contributed by atoms with Crippen LogP contribution in [0.3, 0.4) is 0 Å². The van der Waals surface area contributed by atoms with Crippen LogP contribution in [-0.2, 0) is 9.53 Å². The summed E-state index contributed by atoms with van der Waals surface area (Å²) in [6.07, 6.45) is -2.96. The van der Waals surface area contributed by atoms with E-state index < -0.39 is 24.3 Å². The minimum Gasteiger partial charge on any atom is -0.465 e. The number of nitrogens with zero attached hydrogens (tertiary/aromatic N) is 1. The predicted molar refractivity (Wildman–Crippen MR) is 63.1 cm³/mol. The smallest absolute Gasteiger partial charge is 0.316 e. The maximum atomic E-state index is 12.3. The largest absolute Gasteiger partial charge is 0.465 e. The van der Waals surface area contributed by atoms with Crippen molar-refractivity contribution >= 4 is 33.9 Å². The van der Waals surface area contributed by atoms with Crippen LogP contribution < -0.4 is 0 Å². The van der Waals surface area contributed by atoms with Gasteiger partial charge in [-0.3, -0.25) is 9.79 Å². The third-order valence-electron chi connectivity index (χ3n) is 1.66. The summed E-state index contributed by atoms with van der Waals surface area (Å²) in [6.45, 7) is 0.371. The molecule has 17 heavy (non-hydrogen) atoms. The highest BCUT2D eigenvalue weighted by Gasteiger charge is 2.12. The van der Waals surface area contributed by atoms with E-state index in [0.717, 1.165) is 16.7 Å². The van der Waals surface area contributed by atoms with Crippen molar-refractivity contribution in [1.82, 2.24) is 0 Å². The number of hydrogen-bond donors (Lipinski definition) is 0. The maximum absolute atomic E-state index is 12.3. The van der Waals surface area contributed by atoms with E-state index in [2.05, 4.69) is 9.73 Å². The van der Waals surface area contributed by atoms with Crippen molar-refractivity contribution in [3.63, 3.8) is 0 Å². The average Bonchev–Trinajstić information content (AvgIpc) is 2.78. The molecule has 8 heteroatoms. The molecule has 0 N–H and O–H groups in total. The molecule has 0 radical (unpaired) electrons. The van der Waals surface area contributed by atoms with E-state index in [1.54, 1.807) is 11.8 Å². The molecule has 0 unspecified atom stereocenters. The Kier molecular flexibility index (Phi) is 6.49. The second-order valence-electron chi connectivity index (χ2n) is 2.92. The molecule has 0 aliphatic carbocycles. The fraction of sp³-hybridized carbons (Fsp3) is 0.556. The third-order valence-corrected chi connectivity index (χ3v) is 3.89. The van der Waals surface area contributed by atoms with Crippen LogP contribution in [0.1, 0.15) is 6.42 Å². The summed E-state index contributed by atoms with van der Waals surface area (Å²) in [6, 6.07) is 0. The summed E-state index contributed by atoms with van der Waals surface area (Å²) in [5.74, 6) is -1.13. The topological polar surface area (TPSA) is 38.7 Å². The van der Waals surface area contributed by atoms with E-state index in [4.69, 9.17) is 0 Å². The Balaban J connectivity index is 2.11. The zero-order chi connectivity index (χ0) is 12.7. The summed E-state index contributed by atoms with van der Waals surface area (Å²) < 4.78 is 41.0. The number of carbonyl (C=O) groups excluding carboxylic acids is 1. The van der Waals surface area contributed by atoms with Crippen LogP contribution in [0.4, 0.5) is 13.2 Å². The molecular formula is C9H10F3NO2S2. The lowest BCUT2D eigenvalue weighted by Gasteiger charge is -2.03. The van der Waals surface area contributed by atoms with Gasteiger partial charge < -0.3 is 4.74 Å². The summed E-state index contributed by atoms with van der Waals surface area (Å²) in [5, 5.41) is 0. The molecule has 0 amide bonds. The van der Waals surface area contributed by atoms with Crippen molar-refractivity contribution < 1.29 is 22.7 Å². The molecule has 0 bridgehead atoms. The van der Waals surface area contributed by atoms with Gasteiger partial charge in [-0.25, -0.2) is 4.39 Å². The van der Waals surface area contributed by atoms with Gasteiger partial charge in [-0.05, 0) is 0 Å². The van der Waals surface area contributed by atoms with E-state index in [0.29, 0.717) is 0 Å². The standard InChI is InChI=1S/C9H10F3NO2S2/c10-6(8(11)12)1-3-15-7(14)5-17-9-13-2-4-16-9/h1-5H2. The average molecular weight is 285 g/mol. The first-order valence-corrected chi connectivity index (χ1v) is 6.72. The fourth-order valence-corrected chi connectivity index (χ4v) is 2.72. The molecule has 3 nitrogen and oxygen atoms in total. The lowest BCUT2D eigenvalue weighted by molar-refractivity contribution is -0.140. The lowest BCUT2D eigenvalue weighted by atomic mass is 10.4. The lowest BCUT2D eigenvalue weighted by Crippen LogP contribution is -2.09. The monoisotopic (exact) mass is 285 g/mol. The van der Waals surface area contributed by atoms with Crippen LogP contribution in [0.15, 0.2) is 16.9 Å². The van der Waals surface area contributed by atoms with Crippen molar-refractivity contribution in [2.24, 2.45) is 4.99 Å². The van der Waals surface area contributed by atoms with Crippen LogP contribution in [0.5, 0.6) is 0 Å². The van der Waals surface area contributed by atoms with Gasteiger partial charge in [0.1, 0.15) is 4.38 Å². The first kappa shape index (κ1) is 14.4. The molecule has 0 atom stereocenters. The SMILES string of the molecule is O=C(CSC1=NCCS1)OCCC(F)=C(F)F. The Hall–Kier alpha value is -0.630. The minimum atomic E-state index is -2.37. The highest BCUT2D eigenvalue weighted by molar-refractivity contribution is 8.39. The van der Waals surface area contributed by atoms with Crippen LogP contribution in [-0.4, -0.2) is 35.0 Å². The van der Waals surface area contributed by atoms with Gasteiger partial charge in [0.05, 0.1) is 18.9 Å². The highest BCUT2D eigenvalue weighted by Crippen LogP contribution is 2.22. The van der Waals surface area contributed by atoms with E-state index in [1.165, 1.54) is 11.8 Å². The van der Waals surface area contributed by atoms with Crippen molar-refractivity contribution in [3.05, 3.63) is 11.9 Å². The van der Waals surface area contributed by atoms with Gasteiger partial charge in [-0.2, -0.15) is 8.78 Å². The van der Waals surface area contributed by atoms with Gasteiger partial charge in [0, 0.05) is 12.2 Å². The van der Waals surface area contributed by atoms with Crippen LogP contribution >= 0.6 is 23.5 Å². The molecule has 1 aliphatic heterocycles. The number of hydrogen-bond acceptors (Lipinski definition) is 5. The normalized spacial score (nSPS) is 14.4. The van der Waals surface area contributed by atoms with E-state index in [1.807, 2.05) is 0 Å². The molecule has 0 saturated carbocycles. The van der Waals surface area contributed by atoms with Crippen LogP contribution in [0.2, 0.25) is 0 Å². The Labute approximate surface area is 105 Å². The van der Waals surface area contributed by atoms with Gasteiger partial charge in [-0.1, -0.05) is 23.5 Å². The molecule has 1 rings (SSSR count). The van der Waals surface area contributed by atoms with E-state index >= 15 is 0 Å². The molecule has 1 aliphatic rings. The quantitative estimate of drug-likeness (QED) is 0.728. The summed E-state index contributed by atoms with van der Waals surface area (Å²) >= 11 is 2.80. The third kappa shape index (κ3) is 6.02. The molecule has 0 fully saturated rings. The van der Waals surface area contributed by atoms with Gasteiger partial charge in [0.2, 0.25) is 0 Å². The zero-order valence-corrected chi connectivity index (χ0v) is 10.4. The number of rotatable bonds is 5. The number of thioether (sulfide) groups is 2. The van der Waals surface area contributed by atoms with Crippen molar-refractivity contribution in [1.29, 1.82) is 0 Å². The summed E-state index contributed by atoms with van der Waals surface area (Å²) in [7, 11) is 0. The molecule has 0 aromatic carbocycles. The van der Waals surface area contributed by atoms with E-state index in [9.17, 15) is 18.0 Å². The Morgan fingerprint density at radius 1 is 1.47 bits per heavy atom. The van der Waals surface area contributed by atoms with Crippen LogP contribution in [0, 0.1) is 0 Å². The second-order valence-corrected chi connectivity index (χ2v) is 5.23. The molecule has 0 spiro atoms. The summed E-state index contributed by atoms with van der Waals surface area (Å²) in [4.78, 5) is 15.2. The Morgan fingerprint density at radius 3 is 2.82 bits per heavy atom. The number of carbonyl (C=O) groups is 1. The maximum Gasteiger partial charge on any atom is 0.316 e. The predicted octanol–water partition coefficient (Wildman–Crippen LogP) is 2.83. The first-order chi connectivity index (χ1) is 8.09. The Bertz CT molecular complexity index is 343. The number of ether oxygens (including phenoxy) is 1. The Morgan fingerprint density at radius 2 is 2.24 bits per heavy atom. The van der Waals surface area contributed by atoms with Crippen molar-refractivity contribution in [3.8, 4) is 0 Å². The first-order valence-electron chi connectivity index (χ1n) is 4.75. The van der Waals surface area contributed by atoms with Gasteiger partial charge in [-0.15, -0.1) is 0 Å². The van der Waals surface area contributed by atoms with Crippen molar-refractivity contribution in [2.75, 3.05) is 24.7 Å². The second kappa shape index (κ2) is 7.65. The number of halogens is 3. The molecule has 1 heterocycles. The van der Waals surface area contributed by atoms with E-state index in [-0.39, 0.29) is 12.4 Å². The highest BCUT2D eigenvalue weighted by atomic mass is 32.2. The zero-order valence-electron chi connectivity index (χ0n) is 8.75. The van der Waals surface area contributed by atoms with Gasteiger partial charge >= 0.3 is 12.0 Å². The molecule has 0 aromatic rings. The van der Waals surface area contributed by atoms with Gasteiger partial charge in [0.25, 0.3) is 0 Å². The van der Waals surface area contributed by atoms with Gasteiger partial charge in [0.15, 0.2) is 5.83 Å². The molecular weight excluding hydrogens is 275 g/mol. The van der Waals surface area contributed by atoms with Crippen LogP contribution in [0.25, 0.3) is 0 Å². The minimum absolute atomic E-state index is 0.0648. The number of esters is 1. The summed E-state index contributed by atoms with van der Waals surface area (Å²) in [5.41, 5.74) is 0.